The molecule has 1 aromatic rings. The zero-order chi connectivity index (χ0) is 19.4. The smallest absolute Gasteiger partial charge is 0.338 e. The predicted octanol–water partition coefficient (Wildman–Crippen LogP) is 1.97. The number of ether oxygens (including phenoxy) is 5. The third-order valence-corrected chi connectivity index (χ3v) is 4.03. The van der Waals surface area contributed by atoms with Crippen molar-refractivity contribution in [1.29, 1.82) is 5.26 Å². The van der Waals surface area contributed by atoms with E-state index >= 15 is 0 Å². The molecule has 2 N–H and O–H groups in total. The molecule has 1 atom stereocenters. The number of hydrogen-bond acceptors (Lipinski definition) is 8. The lowest BCUT2D eigenvalue weighted by molar-refractivity contribution is -0.136. The number of esters is 1. The van der Waals surface area contributed by atoms with Crippen LogP contribution in [0.1, 0.15) is 18.4 Å². The quantitative estimate of drug-likeness (QED) is 0.793. The molecule has 8 nitrogen and oxygen atoms in total. The van der Waals surface area contributed by atoms with Crippen molar-refractivity contribution in [3.8, 4) is 23.3 Å². The Bertz CT molecular complexity index is 810. The molecular weight excluding hydrogens is 340 g/mol. The fraction of sp³-hybridized carbons (Fsp3) is 0.333. The molecule has 0 saturated heterocycles. The van der Waals surface area contributed by atoms with Gasteiger partial charge in [-0.1, -0.05) is 0 Å². The van der Waals surface area contributed by atoms with Gasteiger partial charge in [-0.05, 0) is 24.6 Å². The molecule has 1 heterocycles. The number of benzene rings is 1. The summed E-state index contributed by atoms with van der Waals surface area (Å²) in [6.07, 6.45) is 0. The molecule has 0 spiro atoms. The number of allylic oxidation sites excluding steroid dienone is 2. The van der Waals surface area contributed by atoms with Gasteiger partial charge in [-0.2, -0.15) is 5.26 Å². The maximum Gasteiger partial charge on any atom is 0.338 e. The summed E-state index contributed by atoms with van der Waals surface area (Å²) in [6, 6.07) is 5.31. The molecule has 1 aliphatic heterocycles. The monoisotopic (exact) mass is 360 g/mol. The average Bonchev–Trinajstić information content (AvgIpc) is 2.65. The zero-order valence-corrected chi connectivity index (χ0v) is 15.2. The van der Waals surface area contributed by atoms with E-state index in [1.54, 1.807) is 19.1 Å². The molecule has 1 aliphatic rings. The third kappa shape index (κ3) is 3.11. The number of nitrogens with two attached hydrogens (primary N) is 1. The lowest BCUT2D eigenvalue weighted by Gasteiger charge is -2.27. The van der Waals surface area contributed by atoms with Gasteiger partial charge in [0, 0.05) is 0 Å². The summed E-state index contributed by atoms with van der Waals surface area (Å²) in [5.74, 6) is -0.0846. The highest BCUT2D eigenvalue weighted by Gasteiger charge is 2.37. The van der Waals surface area contributed by atoms with E-state index in [4.69, 9.17) is 29.4 Å². The fourth-order valence-corrected chi connectivity index (χ4v) is 2.86. The summed E-state index contributed by atoms with van der Waals surface area (Å²) in [4.78, 5) is 12.3. The second-order valence-corrected chi connectivity index (χ2v) is 5.34. The zero-order valence-electron chi connectivity index (χ0n) is 15.2. The van der Waals surface area contributed by atoms with Gasteiger partial charge in [0.2, 0.25) is 11.6 Å². The molecule has 26 heavy (non-hydrogen) atoms. The van der Waals surface area contributed by atoms with Crippen LogP contribution in [0, 0.1) is 11.3 Å². The van der Waals surface area contributed by atoms with Crippen LogP contribution in [-0.4, -0.2) is 34.4 Å². The molecule has 8 heteroatoms. The predicted molar refractivity (Wildman–Crippen MR) is 91.5 cm³/mol. The molecule has 0 amide bonds. The lowest BCUT2D eigenvalue weighted by Crippen LogP contribution is -2.25. The van der Waals surface area contributed by atoms with Gasteiger partial charge in [0.25, 0.3) is 0 Å². The van der Waals surface area contributed by atoms with E-state index in [0.29, 0.717) is 22.8 Å². The van der Waals surface area contributed by atoms with Crippen molar-refractivity contribution in [1.82, 2.24) is 0 Å². The molecular formula is C18H20N2O6. The van der Waals surface area contributed by atoms with E-state index in [0.717, 1.165) is 0 Å². The highest BCUT2D eigenvalue weighted by atomic mass is 16.5. The molecule has 0 fully saturated rings. The van der Waals surface area contributed by atoms with Crippen molar-refractivity contribution < 1.29 is 28.5 Å². The van der Waals surface area contributed by atoms with Gasteiger partial charge in [0.1, 0.15) is 17.4 Å². The van der Waals surface area contributed by atoms with Gasteiger partial charge in [-0.15, -0.1) is 0 Å². The maximum atomic E-state index is 12.3. The summed E-state index contributed by atoms with van der Waals surface area (Å²) >= 11 is 0. The van der Waals surface area contributed by atoms with Crippen molar-refractivity contribution in [3.05, 3.63) is 40.5 Å². The highest BCUT2D eigenvalue weighted by molar-refractivity contribution is 5.92. The first kappa shape index (κ1) is 19.0. The molecule has 2 rings (SSSR count). The van der Waals surface area contributed by atoms with Crippen LogP contribution < -0.4 is 19.9 Å². The van der Waals surface area contributed by atoms with Crippen molar-refractivity contribution in [2.45, 2.75) is 12.8 Å². The number of nitriles is 1. The SMILES string of the molecule is COC(=O)C1=C(C)OC(N)=C(C#N)[C@H]1c1cc(OC)c(OC)c(OC)c1. The molecule has 0 bridgehead atoms. The average molecular weight is 360 g/mol. The molecule has 138 valence electrons. The number of methoxy groups -OCH3 is 4. The van der Waals surface area contributed by atoms with Crippen molar-refractivity contribution in [2.75, 3.05) is 28.4 Å². The number of rotatable bonds is 5. The summed E-state index contributed by atoms with van der Waals surface area (Å²) < 4.78 is 26.2. The van der Waals surface area contributed by atoms with Gasteiger partial charge >= 0.3 is 5.97 Å². The van der Waals surface area contributed by atoms with Gasteiger partial charge in [0.15, 0.2) is 11.5 Å². The largest absolute Gasteiger partial charge is 0.493 e. The van der Waals surface area contributed by atoms with Gasteiger partial charge < -0.3 is 29.4 Å². The van der Waals surface area contributed by atoms with E-state index in [1.165, 1.54) is 28.4 Å². The Morgan fingerprint density at radius 1 is 1.15 bits per heavy atom. The Balaban J connectivity index is 2.77. The van der Waals surface area contributed by atoms with Crippen LogP contribution in [0.25, 0.3) is 0 Å². The molecule has 0 unspecified atom stereocenters. The molecule has 0 radical (unpaired) electrons. The first-order valence-corrected chi connectivity index (χ1v) is 7.59. The normalized spacial score (nSPS) is 16.5. The van der Waals surface area contributed by atoms with Crippen molar-refractivity contribution in [2.24, 2.45) is 5.73 Å². The van der Waals surface area contributed by atoms with Crippen LogP contribution in [0.4, 0.5) is 0 Å². The van der Waals surface area contributed by atoms with Crippen LogP contribution in [0.3, 0.4) is 0 Å². The molecule has 0 aromatic heterocycles. The summed E-state index contributed by atoms with van der Waals surface area (Å²) in [5, 5.41) is 9.58. The fourth-order valence-electron chi connectivity index (χ4n) is 2.86. The first-order chi connectivity index (χ1) is 12.4. The van der Waals surface area contributed by atoms with Gasteiger partial charge in [0.05, 0.1) is 39.9 Å². The number of nitrogens with zero attached hydrogens (tertiary/aromatic N) is 1. The highest BCUT2D eigenvalue weighted by Crippen LogP contribution is 2.45. The lowest BCUT2D eigenvalue weighted by atomic mass is 9.83. The van der Waals surface area contributed by atoms with E-state index in [1.807, 2.05) is 6.07 Å². The van der Waals surface area contributed by atoms with Crippen molar-refractivity contribution in [3.63, 3.8) is 0 Å². The Morgan fingerprint density at radius 3 is 2.15 bits per heavy atom. The maximum absolute atomic E-state index is 12.3. The molecule has 0 aliphatic carbocycles. The van der Waals surface area contributed by atoms with E-state index in [2.05, 4.69) is 0 Å². The van der Waals surface area contributed by atoms with Crippen LogP contribution in [-0.2, 0) is 14.3 Å². The molecule has 1 aromatic carbocycles. The summed E-state index contributed by atoms with van der Waals surface area (Å²) in [5.41, 5.74) is 6.68. The summed E-state index contributed by atoms with van der Waals surface area (Å²) in [7, 11) is 5.69. The minimum atomic E-state index is -0.796. The number of hydrogen-bond donors (Lipinski definition) is 1. The second kappa shape index (κ2) is 7.70. The Labute approximate surface area is 151 Å². The Hall–Kier alpha value is -3.34. The van der Waals surface area contributed by atoms with Gasteiger partial charge in [-0.3, -0.25) is 0 Å². The summed E-state index contributed by atoms with van der Waals surface area (Å²) in [6.45, 7) is 1.58. The van der Waals surface area contributed by atoms with Crippen LogP contribution in [0.15, 0.2) is 34.9 Å². The van der Waals surface area contributed by atoms with E-state index < -0.39 is 11.9 Å². The van der Waals surface area contributed by atoms with Crippen LogP contribution in [0.5, 0.6) is 17.2 Å². The minimum Gasteiger partial charge on any atom is -0.493 e. The third-order valence-electron chi connectivity index (χ3n) is 4.03. The van der Waals surface area contributed by atoms with E-state index in [9.17, 15) is 10.1 Å². The van der Waals surface area contributed by atoms with Gasteiger partial charge in [-0.25, -0.2) is 4.79 Å². The second-order valence-electron chi connectivity index (χ2n) is 5.34. The van der Waals surface area contributed by atoms with Crippen LogP contribution in [0.2, 0.25) is 0 Å². The number of carbonyl (C=O) groups is 1. The number of carbonyl (C=O) groups excluding carboxylic acids is 1. The Kier molecular flexibility index (Phi) is 5.62. The molecule has 0 saturated carbocycles. The Morgan fingerprint density at radius 2 is 1.73 bits per heavy atom. The van der Waals surface area contributed by atoms with Crippen LogP contribution >= 0.6 is 0 Å². The first-order valence-electron chi connectivity index (χ1n) is 7.59. The van der Waals surface area contributed by atoms with Crippen molar-refractivity contribution >= 4 is 5.97 Å². The topological polar surface area (TPSA) is 113 Å². The van der Waals surface area contributed by atoms with E-state index in [-0.39, 0.29) is 22.8 Å². The minimum absolute atomic E-state index is 0.0728. The standard InChI is InChI=1S/C18H20N2O6/c1-9-14(18(21)25-5)15(11(8-19)17(20)26-9)10-6-12(22-2)16(24-4)13(7-10)23-3/h6-7,15H,20H2,1-5H3/t15-/m1/s1.